The Balaban J connectivity index is 2.41. The lowest BCUT2D eigenvalue weighted by Crippen LogP contribution is -1.94. The number of hydrogen-bond acceptors (Lipinski definition) is 8. The third-order valence-corrected chi connectivity index (χ3v) is 3.61. The highest BCUT2D eigenvalue weighted by Crippen LogP contribution is 2.39. The Morgan fingerprint density at radius 3 is 2.86 bits per heavy atom. The predicted molar refractivity (Wildman–Crippen MR) is 78.1 cm³/mol. The minimum Gasteiger partial charge on any atom is -0.504 e. The number of ether oxygens (including phenoxy) is 1. The molecule has 116 valence electrons. The number of thioether (sulfide) groups is 1. The van der Waals surface area contributed by atoms with Crippen molar-refractivity contribution in [1.29, 1.82) is 0 Å². The summed E-state index contributed by atoms with van der Waals surface area (Å²) in [6.07, 6.45) is 0. The van der Waals surface area contributed by atoms with Crippen LogP contribution < -0.4 is 4.74 Å². The lowest BCUT2D eigenvalue weighted by Gasteiger charge is -2.06. The second-order valence-corrected chi connectivity index (χ2v) is 5.20. The topological polar surface area (TPSA) is 131 Å². The van der Waals surface area contributed by atoms with Crippen molar-refractivity contribution in [2.45, 2.75) is 12.1 Å². The Hall–Kier alpha value is -2.62. The van der Waals surface area contributed by atoms with Crippen molar-refractivity contribution >= 4 is 23.2 Å². The van der Waals surface area contributed by atoms with Crippen molar-refractivity contribution in [3.05, 3.63) is 22.2 Å². The van der Waals surface area contributed by atoms with Gasteiger partial charge in [0.15, 0.2) is 17.3 Å². The van der Waals surface area contributed by atoms with Crippen LogP contribution >= 0.6 is 11.8 Å². The molecule has 0 spiro atoms. The lowest BCUT2D eigenvalue weighted by atomic mass is 10.1. The average molecular weight is 324 g/mol. The third-order valence-electron chi connectivity index (χ3n) is 2.61. The Morgan fingerprint density at radius 2 is 2.27 bits per heavy atom. The quantitative estimate of drug-likeness (QED) is 0.467. The maximum atomic E-state index is 10.9. The molecule has 22 heavy (non-hydrogen) atoms. The summed E-state index contributed by atoms with van der Waals surface area (Å²) in [5, 5.41) is 27.8. The molecule has 10 heteroatoms. The van der Waals surface area contributed by atoms with E-state index in [1.807, 2.05) is 0 Å². The highest BCUT2D eigenvalue weighted by Gasteiger charge is 2.20. The van der Waals surface area contributed by atoms with E-state index in [0.717, 1.165) is 23.9 Å². The number of ketones is 1. The normalized spacial score (nSPS) is 10.5. The summed E-state index contributed by atoms with van der Waals surface area (Å²) in [4.78, 5) is 25.4. The monoisotopic (exact) mass is 324 g/mol. The average Bonchev–Trinajstić information content (AvgIpc) is 2.93. The van der Waals surface area contributed by atoms with Crippen LogP contribution in [0.25, 0.3) is 11.4 Å². The van der Waals surface area contributed by atoms with E-state index in [1.54, 1.807) is 0 Å². The van der Waals surface area contributed by atoms with E-state index >= 15 is 0 Å². The van der Waals surface area contributed by atoms with E-state index < -0.39 is 4.92 Å². The van der Waals surface area contributed by atoms with Gasteiger partial charge >= 0.3 is 0 Å². The number of nitro groups is 1. The minimum atomic E-state index is -0.604. The number of benzene rings is 1. The van der Waals surface area contributed by atoms with Gasteiger partial charge in [-0.25, -0.2) is 4.98 Å². The van der Waals surface area contributed by atoms with Gasteiger partial charge in [0.1, 0.15) is 5.78 Å². The highest BCUT2D eigenvalue weighted by atomic mass is 32.2. The molecule has 0 atom stereocenters. The van der Waals surface area contributed by atoms with Crippen LogP contribution in [0.4, 0.5) is 5.69 Å². The summed E-state index contributed by atoms with van der Waals surface area (Å²) in [6.45, 7) is 1.44. The number of Topliss-reactive ketones (excluding diaryl/α,β-unsaturated/α-hetero) is 1. The van der Waals surface area contributed by atoms with Gasteiger partial charge in [-0.2, -0.15) is 0 Å². The number of phenols is 1. The molecule has 0 fully saturated rings. The van der Waals surface area contributed by atoms with Gasteiger partial charge in [-0.05, 0) is 6.92 Å². The number of phenolic OH excluding ortho intramolecular Hbond substituents is 1. The molecule has 1 aromatic carbocycles. The van der Waals surface area contributed by atoms with Crippen LogP contribution in [0.15, 0.2) is 17.3 Å². The predicted octanol–water partition coefficient (Wildman–Crippen LogP) is 1.78. The molecule has 0 aliphatic heterocycles. The van der Waals surface area contributed by atoms with Gasteiger partial charge in [0.25, 0.3) is 5.69 Å². The van der Waals surface area contributed by atoms with Crippen molar-refractivity contribution in [1.82, 2.24) is 15.2 Å². The van der Waals surface area contributed by atoms with E-state index in [0.29, 0.717) is 5.16 Å². The highest BCUT2D eigenvalue weighted by molar-refractivity contribution is 7.99. The molecule has 0 radical (unpaired) electrons. The molecule has 0 aliphatic carbocycles. The van der Waals surface area contributed by atoms with Crippen LogP contribution in [0.5, 0.6) is 11.5 Å². The fraction of sp³-hybridized carbons (Fsp3) is 0.250. The molecule has 0 unspecified atom stereocenters. The van der Waals surface area contributed by atoms with Gasteiger partial charge in [-0.1, -0.05) is 11.8 Å². The summed E-state index contributed by atoms with van der Waals surface area (Å²) in [5.74, 6) is -0.00526. The van der Waals surface area contributed by atoms with Crippen LogP contribution in [0.2, 0.25) is 0 Å². The fourth-order valence-corrected chi connectivity index (χ4v) is 2.23. The number of methoxy groups -OCH3 is 1. The molecule has 0 amide bonds. The maximum absolute atomic E-state index is 10.9. The molecule has 0 saturated heterocycles. The van der Waals surface area contributed by atoms with Gasteiger partial charge in [-0.3, -0.25) is 20.0 Å². The number of aromatic nitrogens is 3. The molecular weight excluding hydrogens is 312 g/mol. The van der Waals surface area contributed by atoms with Crippen molar-refractivity contribution in [3.63, 3.8) is 0 Å². The second-order valence-electron chi connectivity index (χ2n) is 4.26. The first-order chi connectivity index (χ1) is 10.4. The van der Waals surface area contributed by atoms with E-state index in [4.69, 9.17) is 4.74 Å². The van der Waals surface area contributed by atoms with Crippen molar-refractivity contribution in [2.75, 3.05) is 12.9 Å². The number of hydrogen-bond donors (Lipinski definition) is 2. The Labute approximate surface area is 128 Å². The number of aromatic hydroxyl groups is 1. The van der Waals surface area contributed by atoms with E-state index in [9.17, 15) is 20.0 Å². The van der Waals surface area contributed by atoms with E-state index in [-0.39, 0.29) is 40.1 Å². The van der Waals surface area contributed by atoms with Crippen LogP contribution in [0.1, 0.15) is 6.92 Å². The van der Waals surface area contributed by atoms with Crippen molar-refractivity contribution in [2.24, 2.45) is 0 Å². The maximum Gasteiger partial charge on any atom is 0.274 e. The van der Waals surface area contributed by atoms with E-state index in [1.165, 1.54) is 14.0 Å². The number of nitrogens with zero attached hydrogens (tertiary/aromatic N) is 3. The van der Waals surface area contributed by atoms with Crippen LogP contribution in [0.3, 0.4) is 0 Å². The zero-order chi connectivity index (χ0) is 16.3. The molecule has 1 heterocycles. The minimum absolute atomic E-state index is 0.0313. The van der Waals surface area contributed by atoms with Gasteiger partial charge in [0.2, 0.25) is 5.16 Å². The number of nitrogens with one attached hydrogen (secondary N) is 1. The second kappa shape index (κ2) is 6.43. The number of carbonyl (C=O) groups is 1. The molecule has 2 rings (SSSR count). The van der Waals surface area contributed by atoms with Crippen molar-refractivity contribution in [3.8, 4) is 22.9 Å². The molecular formula is C12H12N4O5S. The first kappa shape index (κ1) is 15.8. The summed E-state index contributed by atoms with van der Waals surface area (Å²) < 4.78 is 4.92. The Bertz CT molecular complexity index is 730. The van der Waals surface area contributed by atoms with Crippen LogP contribution in [-0.4, -0.2) is 43.9 Å². The van der Waals surface area contributed by atoms with Gasteiger partial charge in [0.05, 0.1) is 29.4 Å². The molecule has 1 aromatic heterocycles. The third kappa shape index (κ3) is 3.34. The number of rotatable bonds is 6. The summed E-state index contributed by atoms with van der Waals surface area (Å²) >= 11 is 1.12. The zero-order valence-electron chi connectivity index (χ0n) is 11.7. The number of non-ortho nitro benzene ring substituents is 1. The smallest absolute Gasteiger partial charge is 0.274 e. The van der Waals surface area contributed by atoms with Gasteiger partial charge < -0.3 is 9.84 Å². The summed E-state index contributed by atoms with van der Waals surface area (Å²) in [5.41, 5.74) is -0.160. The molecule has 0 saturated carbocycles. The van der Waals surface area contributed by atoms with Gasteiger partial charge in [0, 0.05) is 6.07 Å². The first-order valence-corrected chi connectivity index (χ1v) is 7.01. The molecule has 2 N–H and O–H groups in total. The first-order valence-electron chi connectivity index (χ1n) is 6.02. The number of aromatic amines is 1. The number of nitro benzene ring substituents is 1. The van der Waals surface area contributed by atoms with Crippen LogP contribution in [-0.2, 0) is 4.79 Å². The van der Waals surface area contributed by atoms with E-state index in [2.05, 4.69) is 15.2 Å². The fourth-order valence-electron chi connectivity index (χ4n) is 1.63. The summed E-state index contributed by atoms with van der Waals surface area (Å²) in [7, 11) is 1.29. The molecule has 9 nitrogen and oxygen atoms in total. The SMILES string of the molecule is COc1cc([N+](=O)[O-])cc(-c2nc(SCC(C)=O)n[nH]2)c1O. The molecule has 0 bridgehead atoms. The molecule has 2 aromatic rings. The summed E-state index contributed by atoms with van der Waals surface area (Å²) in [6, 6.07) is 2.28. The largest absolute Gasteiger partial charge is 0.504 e. The zero-order valence-corrected chi connectivity index (χ0v) is 12.5. The lowest BCUT2D eigenvalue weighted by molar-refractivity contribution is -0.384. The Kier molecular flexibility index (Phi) is 4.61. The number of carbonyl (C=O) groups excluding carboxylic acids is 1. The Morgan fingerprint density at radius 1 is 1.55 bits per heavy atom. The number of H-pyrrole nitrogens is 1. The van der Waals surface area contributed by atoms with Crippen molar-refractivity contribution < 1.29 is 19.6 Å². The van der Waals surface area contributed by atoms with Crippen LogP contribution in [0, 0.1) is 10.1 Å². The van der Waals surface area contributed by atoms with Gasteiger partial charge in [-0.15, -0.1) is 5.10 Å². The molecule has 0 aliphatic rings. The standard InChI is InChI=1S/C12H12N4O5S/c1-6(17)5-22-12-13-11(14-15-12)8-3-7(16(19)20)4-9(21-2)10(8)18/h3-4,18H,5H2,1-2H3,(H,13,14,15).